The maximum Gasteiger partial charge on any atom is 0.224 e. The largest absolute Gasteiger partial charge is 0.394 e. The van der Waals surface area contributed by atoms with Crippen LogP contribution in [0, 0.1) is 0 Å². The van der Waals surface area contributed by atoms with Crippen molar-refractivity contribution < 1.29 is 14.7 Å². The maximum atomic E-state index is 11.7. The van der Waals surface area contributed by atoms with Gasteiger partial charge in [-0.2, -0.15) is 0 Å². The molecule has 86 valence electrons. The molecule has 1 amide bonds. The lowest BCUT2D eigenvalue weighted by molar-refractivity contribution is -0.133. The SMILES string of the molecule is CC(=O)SC1CC(=O)N(C(C)(C)CO)C1. The minimum atomic E-state index is -0.525. The fourth-order valence-corrected chi connectivity index (χ4v) is 2.58. The van der Waals surface area contributed by atoms with Gasteiger partial charge in [-0.3, -0.25) is 9.59 Å². The third-order valence-electron chi connectivity index (χ3n) is 2.54. The van der Waals surface area contributed by atoms with Crippen LogP contribution in [-0.2, 0) is 9.59 Å². The topological polar surface area (TPSA) is 57.6 Å². The average Bonchev–Trinajstić information content (AvgIpc) is 2.46. The highest BCUT2D eigenvalue weighted by molar-refractivity contribution is 8.14. The fourth-order valence-electron chi connectivity index (χ4n) is 1.66. The van der Waals surface area contributed by atoms with E-state index in [0.717, 1.165) is 0 Å². The van der Waals surface area contributed by atoms with E-state index in [0.29, 0.717) is 13.0 Å². The number of hydrogen-bond acceptors (Lipinski definition) is 4. The molecule has 1 aliphatic heterocycles. The van der Waals surface area contributed by atoms with Crippen LogP contribution in [0.1, 0.15) is 27.2 Å². The van der Waals surface area contributed by atoms with Gasteiger partial charge in [-0.25, -0.2) is 0 Å². The Morgan fingerprint density at radius 2 is 2.27 bits per heavy atom. The molecule has 1 saturated heterocycles. The molecule has 0 spiro atoms. The molecule has 4 nitrogen and oxygen atoms in total. The highest BCUT2D eigenvalue weighted by Crippen LogP contribution is 2.29. The molecule has 1 rings (SSSR count). The third-order valence-corrected chi connectivity index (χ3v) is 3.52. The summed E-state index contributed by atoms with van der Waals surface area (Å²) >= 11 is 1.21. The monoisotopic (exact) mass is 231 g/mol. The predicted octanol–water partition coefficient (Wildman–Crippen LogP) is 0.638. The van der Waals surface area contributed by atoms with Crippen molar-refractivity contribution in [2.24, 2.45) is 0 Å². The van der Waals surface area contributed by atoms with E-state index in [4.69, 9.17) is 0 Å². The van der Waals surface area contributed by atoms with Crippen molar-refractivity contribution in [3.05, 3.63) is 0 Å². The molecular formula is C10H17NO3S. The number of aliphatic hydroxyl groups is 1. The maximum absolute atomic E-state index is 11.7. The van der Waals surface area contributed by atoms with Crippen LogP contribution < -0.4 is 0 Å². The Morgan fingerprint density at radius 1 is 1.67 bits per heavy atom. The fraction of sp³-hybridized carbons (Fsp3) is 0.800. The summed E-state index contributed by atoms with van der Waals surface area (Å²) in [5.74, 6) is 0.0211. The Hall–Kier alpha value is -0.550. The van der Waals surface area contributed by atoms with Crippen LogP contribution in [-0.4, -0.2) is 45.0 Å². The summed E-state index contributed by atoms with van der Waals surface area (Å²) in [7, 11) is 0. The van der Waals surface area contributed by atoms with Crippen LogP contribution >= 0.6 is 11.8 Å². The number of thioether (sulfide) groups is 1. The minimum absolute atomic E-state index is 0.0211. The van der Waals surface area contributed by atoms with Gasteiger partial charge in [-0.05, 0) is 13.8 Å². The number of carbonyl (C=O) groups is 2. The molecule has 0 bridgehead atoms. The molecule has 1 atom stereocenters. The summed E-state index contributed by atoms with van der Waals surface area (Å²) in [4.78, 5) is 24.2. The van der Waals surface area contributed by atoms with Crippen molar-refractivity contribution in [1.82, 2.24) is 4.90 Å². The summed E-state index contributed by atoms with van der Waals surface area (Å²) in [6.45, 7) is 5.65. The van der Waals surface area contributed by atoms with Crippen LogP contribution in [0.25, 0.3) is 0 Å². The van der Waals surface area contributed by atoms with Crippen molar-refractivity contribution in [2.45, 2.75) is 38.0 Å². The second-order valence-electron chi connectivity index (χ2n) is 4.41. The van der Waals surface area contributed by atoms with Gasteiger partial charge in [0.25, 0.3) is 0 Å². The molecular weight excluding hydrogens is 214 g/mol. The molecule has 1 unspecified atom stereocenters. The number of nitrogens with zero attached hydrogens (tertiary/aromatic N) is 1. The molecule has 1 heterocycles. The highest BCUT2D eigenvalue weighted by atomic mass is 32.2. The number of likely N-dealkylation sites (tertiary alicyclic amines) is 1. The van der Waals surface area contributed by atoms with Crippen LogP contribution in [0.5, 0.6) is 0 Å². The second-order valence-corrected chi connectivity index (χ2v) is 5.89. The highest BCUT2D eigenvalue weighted by Gasteiger charge is 2.38. The molecule has 5 heteroatoms. The summed E-state index contributed by atoms with van der Waals surface area (Å²) < 4.78 is 0. The molecule has 0 aliphatic carbocycles. The van der Waals surface area contributed by atoms with Crippen molar-refractivity contribution in [1.29, 1.82) is 0 Å². The Bertz CT molecular complexity index is 278. The van der Waals surface area contributed by atoms with E-state index < -0.39 is 5.54 Å². The lowest BCUT2D eigenvalue weighted by Gasteiger charge is -2.33. The molecule has 0 aromatic rings. The Kier molecular flexibility index (Phi) is 3.78. The van der Waals surface area contributed by atoms with Crippen LogP contribution in [0.2, 0.25) is 0 Å². The normalized spacial score (nSPS) is 22.3. The number of aliphatic hydroxyl groups excluding tert-OH is 1. The van der Waals surface area contributed by atoms with Gasteiger partial charge in [0.05, 0.1) is 12.1 Å². The van der Waals surface area contributed by atoms with E-state index in [2.05, 4.69) is 0 Å². The standard InChI is InChI=1S/C10H17NO3S/c1-7(13)15-8-4-9(14)11(5-8)10(2,3)6-12/h8,12H,4-6H2,1-3H3. The van der Waals surface area contributed by atoms with Gasteiger partial charge >= 0.3 is 0 Å². The summed E-state index contributed by atoms with van der Waals surface area (Å²) in [6.07, 6.45) is 0.397. The molecule has 0 saturated carbocycles. The van der Waals surface area contributed by atoms with Gasteiger partial charge < -0.3 is 10.0 Å². The number of rotatable bonds is 3. The van der Waals surface area contributed by atoms with Crippen LogP contribution in [0.4, 0.5) is 0 Å². The van der Waals surface area contributed by atoms with Crippen LogP contribution in [0.3, 0.4) is 0 Å². The first kappa shape index (κ1) is 12.5. The van der Waals surface area contributed by atoms with Gasteiger partial charge in [0.2, 0.25) is 5.91 Å². The molecule has 0 radical (unpaired) electrons. The number of amides is 1. The first-order chi connectivity index (χ1) is 6.86. The van der Waals surface area contributed by atoms with Gasteiger partial charge in [0.15, 0.2) is 5.12 Å². The first-order valence-corrected chi connectivity index (χ1v) is 5.83. The predicted molar refractivity (Wildman–Crippen MR) is 59.6 cm³/mol. The lowest BCUT2D eigenvalue weighted by Crippen LogP contribution is -2.47. The van der Waals surface area contributed by atoms with Crippen LogP contribution in [0.15, 0.2) is 0 Å². The molecule has 0 aromatic carbocycles. The smallest absolute Gasteiger partial charge is 0.224 e. The molecule has 1 fully saturated rings. The van der Waals surface area contributed by atoms with E-state index in [9.17, 15) is 14.7 Å². The van der Waals surface area contributed by atoms with E-state index in [1.807, 2.05) is 13.8 Å². The number of carbonyl (C=O) groups excluding carboxylic acids is 2. The Morgan fingerprint density at radius 3 is 2.73 bits per heavy atom. The third kappa shape index (κ3) is 2.95. The minimum Gasteiger partial charge on any atom is -0.394 e. The quantitative estimate of drug-likeness (QED) is 0.774. The molecule has 15 heavy (non-hydrogen) atoms. The van der Waals surface area contributed by atoms with Crippen molar-refractivity contribution in [3.63, 3.8) is 0 Å². The Balaban J connectivity index is 2.64. The Labute approximate surface area is 94.0 Å². The van der Waals surface area contributed by atoms with Crippen molar-refractivity contribution in [3.8, 4) is 0 Å². The van der Waals surface area contributed by atoms with Gasteiger partial charge in [0.1, 0.15) is 0 Å². The lowest BCUT2D eigenvalue weighted by atomic mass is 10.1. The van der Waals surface area contributed by atoms with E-state index in [1.54, 1.807) is 4.90 Å². The van der Waals surface area contributed by atoms with Gasteiger partial charge in [0, 0.05) is 25.1 Å². The summed E-state index contributed by atoms with van der Waals surface area (Å²) in [5.41, 5.74) is -0.525. The summed E-state index contributed by atoms with van der Waals surface area (Å²) in [6, 6.07) is 0. The first-order valence-electron chi connectivity index (χ1n) is 4.95. The van der Waals surface area contributed by atoms with Crippen molar-refractivity contribution in [2.75, 3.05) is 13.2 Å². The molecule has 1 N–H and O–H groups in total. The zero-order chi connectivity index (χ0) is 11.6. The zero-order valence-electron chi connectivity index (χ0n) is 9.32. The second kappa shape index (κ2) is 4.53. The van der Waals surface area contributed by atoms with Crippen molar-refractivity contribution >= 4 is 22.8 Å². The molecule has 0 aromatic heterocycles. The van der Waals surface area contributed by atoms with E-state index in [-0.39, 0.29) is 22.9 Å². The van der Waals surface area contributed by atoms with Gasteiger partial charge in [-0.15, -0.1) is 0 Å². The average molecular weight is 231 g/mol. The molecule has 1 aliphatic rings. The van der Waals surface area contributed by atoms with E-state index in [1.165, 1.54) is 18.7 Å². The number of hydrogen-bond donors (Lipinski definition) is 1. The van der Waals surface area contributed by atoms with Gasteiger partial charge in [-0.1, -0.05) is 11.8 Å². The summed E-state index contributed by atoms with van der Waals surface area (Å²) in [5, 5.41) is 9.25. The van der Waals surface area contributed by atoms with E-state index >= 15 is 0 Å². The zero-order valence-corrected chi connectivity index (χ0v) is 10.1.